The second-order valence-corrected chi connectivity index (χ2v) is 8.19. The predicted molar refractivity (Wildman–Crippen MR) is 121 cm³/mol. The topological polar surface area (TPSA) is 86.1 Å². The zero-order valence-corrected chi connectivity index (χ0v) is 18.2. The lowest BCUT2D eigenvalue weighted by Crippen LogP contribution is -2.33. The first kappa shape index (κ1) is 21.7. The van der Waals surface area contributed by atoms with E-state index in [2.05, 4.69) is 15.3 Å². The van der Waals surface area contributed by atoms with Crippen molar-refractivity contribution in [1.29, 1.82) is 0 Å². The molecule has 1 saturated carbocycles. The molecule has 1 atom stereocenters. The number of carbonyl (C=O) groups is 1. The fourth-order valence-electron chi connectivity index (χ4n) is 4.15. The Labute approximate surface area is 193 Å². The Morgan fingerprint density at radius 2 is 1.97 bits per heavy atom. The summed E-state index contributed by atoms with van der Waals surface area (Å²) in [6.45, 7) is 1.58. The molecule has 1 aliphatic carbocycles. The summed E-state index contributed by atoms with van der Waals surface area (Å²) in [6, 6.07) is 9.74. The van der Waals surface area contributed by atoms with E-state index in [-0.39, 0.29) is 34.0 Å². The van der Waals surface area contributed by atoms with Gasteiger partial charge in [-0.25, -0.2) is 18.6 Å². The number of nitrogens with zero attached hydrogens (tertiary/aromatic N) is 3. The number of nitrogens with one attached hydrogen (secondary N) is 1. The molecule has 1 N–H and O–H groups in total. The summed E-state index contributed by atoms with van der Waals surface area (Å²) in [5.74, 6) is -0.798. The quantitative estimate of drug-likeness (QED) is 0.468. The van der Waals surface area contributed by atoms with E-state index >= 15 is 0 Å². The highest BCUT2D eigenvalue weighted by atomic mass is 19.1. The van der Waals surface area contributed by atoms with Crippen molar-refractivity contribution < 1.29 is 18.3 Å². The number of rotatable bonds is 5. The zero-order valence-electron chi connectivity index (χ0n) is 18.2. The smallest absolute Gasteiger partial charge is 0.408 e. The van der Waals surface area contributed by atoms with Crippen molar-refractivity contribution in [2.45, 2.75) is 25.8 Å². The standard InChI is InChI=1S/C25H20F2N4O3/c1-14-23(34-25(33)30-22(15-8-9-15)16-4-2-5-17(26)12-16)18-6-3-7-19(27)21(18)24(32)31(14)20-13-28-10-11-29-20/h2-7,10-13,15,22H,8-9H2,1H3,(H,30,33)/t22-/m0/s1. The van der Waals surface area contributed by atoms with E-state index < -0.39 is 29.3 Å². The number of carbonyl (C=O) groups excluding carboxylic acids is 1. The number of aromatic nitrogens is 3. The average molecular weight is 462 g/mol. The normalized spacial score (nSPS) is 14.1. The third-order valence-electron chi connectivity index (χ3n) is 5.89. The second kappa shape index (κ2) is 8.66. The van der Waals surface area contributed by atoms with Crippen molar-refractivity contribution in [2.24, 2.45) is 5.92 Å². The summed E-state index contributed by atoms with van der Waals surface area (Å²) in [5, 5.41) is 2.74. The molecule has 1 aliphatic rings. The molecule has 4 aromatic rings. The average Bonchev–Trinajstić information content (AvgIpc) is 3.66. The largest absolute Gasteiger partial charge is 0.413 e. The summed E-state index contributed by atoms with van der Waals surface area (Å²) in [6.07, 6.45) is 5.20. The predicted octanol–water partition coefficient (Wildman–Crippen LogP) is 4.61. The SMILES string of the molecule is Cc1c(OC(=O)N[C@H](c2cccc(F)c2)C2CC2)c2cccc(F)c2c(=O)n1-c1cnccn1. The second-order valence-electron chi connectivity index (χ2n) is 8.19. The van der Waals surface area contributed by atoms with Crippen LogP contribution in [0.1, 0.15) is 30.1 Å². The Kier molecular flexibility index (Phi) is 5.53. The van der Waals surface area contributed by atoms with Gasteiger partial charge in [0.25, 0.3) is 5.56 Å². The molecule has 5 rings (SSSR count). The molecule has 172 valence electrons. The molecule has 0 radical (unpaired) electrons. The molecule has 1 fully saturated rings. The Morgan fingerprint density at radius 3 is 2.68 bits per heavy atom. The molecule has 0 spiro atoms. The van der Waals surface area contributed by atoms with Gasteiger partial charge in [0, 0.05) is 17.8 Å². The number of pyridine rings is 1. The number of amides is 1. The van der Waals surface area contributed by atoms with E-state index in [1.54, 1.807) is 19.1 Å². The molecule has 0 saturated heterocycles. The number of benzene rings is 2. The lowest BCUT2D eigenvalue weighted by Gasteiger charge is -2.20. The zero-order chi connectivity index (χ0) is 23.8. The van der Waals surface area contributed by atoms with E-state index in [4.69, 9.17) is 4.74 Å². The molecule has 2 aromatic carbocycles. The van der Waals surface area contributed by atoms with Gasteiger partial charge in [0.15, 0.2) is 11.6 Å². The van der Waals surface area contributed by atoms with E-state index in [1.807, 2.05) is 0 Å². The van der Waals surface area contributed by atoms with Crippen LogP contribution >= 0.6 is 0 Å². The van der Waals surface area contributed by atoms with Crippen LogP contribution in [0.5, 0.6) is 5.75 Å². The van der Waals surface area contributed by atoms with Crippen LogP contribution in [0, 0.1) is 24.5 Å². The molecule has 34 heavy (non-hydrogen) atoms. The van der Waals surface area contributed by atoms with Gasteiger partial charge in [-0.1, -0.05) is 24.3 Å². The van der Waals surface area contributed by atoms with Crippen molar-refractivity contribution in [3.8, 4) is 11.6 Å². The van der Waals surface area contributed by atoms with Crippen LogP contribution in [-0.4, -0.2) is 20.6 Å². The Balaban J connectivity index is 1.56. The number of hydrogen-bond donors (Lipinski definition) is 1. The van der Waals surface area contributed by atoms with Gasteiger partial charge in [0.2, 0.25) is 0 Å². The molecule has 2 aromatic heterocycles. The van der Waals surface area contributed by atoms with E-state index in [0.29, 0.717) is 5.56 Å². The fraction of sp³-hybridized carbons (Fsp3) is 0.200. The van der Waals surface area contributed by atoms with Crippen molar-refractivity contribution in [2.75, 3.05) is 0 Å². The summed E-state index contributed by atoms with van der Waals surface area (Å²) in [4.78, 5) is 34.3. The van der Waals surface area contributed by atoms with Crippen molar-refractivity contribution in [3.63, 3.8) is 0 Å². The minimum Gasteiger partial charge on any atom is -0.408 e. The summed E-state index contributed by atoms with van der Waals surface area (Å²) in [5.41, 5.74) is 0.249. The maximum Gasteiger partial charge on any atom is 0.413 e. The minimum atomic E-state index is -0.792. The van der Waals surface area contributed by atoms with Crippen molar-refractivity contribution in [1.82, 2.24) is 19.9 Å². The van der Waals surface area contributed by atoms with Crippen LogP contribution in [0.4, 0.5) is 13.6 Å². The minimum absolute atomic E-state index is 0.0195. The van der Waals surface area contributed by atoms with Crippen LogP contribution in [0.2, 0.25) is 0 Å². The fourth-order valence-corrected chi connectivity index (χ4v) is 4.15. The number of hydrogen-bond acceptors (Lipinski definition) is 5. The van der Waals surface area contributed by atoms with Gasteiger partial charge in [0.1, 0.15) is 11.6 Å². The molecule has 0 bridgehead atoms. The first-order valence-electron chi connectivity index (χ1n) is 10.8. The molecule has 2 heterocycles. The van der Waals surface area contributed by atoms with Crippen LogP contribution in [-0.2, 0) is 0 Å². The van der Waals surface area contributed by atoms with Gasteiger partial charge in [-0.3, -0.25) is 14.3 Å². The maximum atomic E-state index is 14.7. The van der Waals surface area contributed by atoms with Gasteiger partial charge in [0.05, 0.1) is 23.3 Å². The van der Waals surface area contributed by atoms with Crippen LogP contribution in [0.15, 0.2) is 65.8 Å². The highest BCUT2D eigenvalue weighted by molar-refractivity contribution is 5.91. The summed E-state index contributed by atoms with van der Waals surface area (Å²) < 4.78 is 35.3. The summed E-state index contributed by atoms with van der Waals surface area (Å²) in [7, 11) is 0. The highest BCUT2D eigenvalue weighted by Crippen LogP contribution is 2.41. The third-order valence-corrected chi connectivity index (χ3v) is 5.89. The van der Waals surface area contributed by atoms with Gasteiger partial charge in [-0.2, -0.15) is 0 Å². The summed E-state index contributed by atoms with van der Waals surface area (Å²) >= 11 is 0. The Morgan fingerprint density at radius 1 is 1.18 bits per heavy atom. The molecule has 0 unspecified atom stereocenters. The Hall–Kier alpha value is -4.14. The van der Waals surface area contributed by atoms with Crippen LogP contribution < -0.4 is 15.6 Å². The van der Waals surface area contributed by atoms with E-state index in [9.17, 15) is 18.4 Å². The molecular formula is C25H20F2N4O3. The lowest BCUT2D eigenvalue weighted by atomic mass is 10.0. The molecule has 9 heteroatoms. The van der Waals surface area contributed by atoms with Crippen molar-refractivity contribution in [3.05, 3.63) is 94.3 Å². The monoisotopic (exact) mass is 462 g/mol. The van der Waals surface area contributed by atoms with Crippen LogP contribution in [0.25, 0.3) is 16.6 Å². The third kappa shape index (κ3) is 4.00. The highest BCUT2D eigenvalue weighted by Gasteiger charge is 2.34. The molecule has 1 amide bonds. The molecule has 0 aliphatic heterocycles. The first-order chi connectivity index (χ1) is 16.4. The van der Waals surface area contributed by atoms with E-state index in [0.717, 1.165) is 23.5 Å². The Bertz CT molecular complexity index is 1450. The van der Waals surface area contributed by atoms with Gasteiger partial charge in [-0.05, 0) is 49.4 Å². The maximum absolute atomic E-state index is 14.7. The lowest BCUT2D eigenvalue weighted by molar-refractivity contribution is 0.194. The number of halogens is 2. The van der Waals surface area contributed by atoms with Crippen molar-refractivity contribution >= 4 is 16.9 Å². The number of ether oxygens (including phenoxy) is 1. The molecular weight excluding hydrogens is 442 g/mol. The first-order valence-corrected chi connectivity index (χ1v) is 10.8. The van der Waals surface area contributed by atoms with Gasteiger partial charge < -0.3 is 10.1 Å². The van der Waals surface area contributed by atoms with Gasteiger partial charge >= 0.3 is 6.09 Å². The molecule has 7 nitrogen and oxygen atoms in total. The van der Waals surface area contributed by atoms with Crippen LogP contribution in [0.3, 0.4) is 0 Å². The van der Waals surface area contributed by atoms with E-state index in [1.165, 1.54) is 42.9 Å². The number of fused-ring (bicyclic) bond motifs is 1. The van der Waals surface area contributed by atoms with Gasteiger partial charge in [-0.15, -0.1) is 0 Å².